The van der Waals surface area contributed by atoms with Gasteiger partial charge in [-0.25, -0.2) is 0 Å². The number of ether oxygens (including phenoxy) is 1. The zero-order valence-electron chi connectivity index (χ0n) is 7.42. The van der Waals surface area contributed by atoms with Crippen LogP contribution < -0.4 is 0 Å². The Morgan fingerprint density at radius 1 is 1.64 bits per heavy atom. The summed E-state index contributed by atoms with van der Waals surface area (Å²) in [6.07, 6.45) is 3.03. The molecule has 1 nitrogen and oxygen atoms in total. The predicted molar refractivity (Wildman–Crippen MR) is 51.2 cm³/mol. The largest absolute Gasteiger partial charge is 0.378 e. The Hall–Kier alpha value is 0.310. The summed E-state index contributed by atoms with van der Waals surface area (Å²) in [5.74, 6) is 2.55. The Morgan fingerprint density at radius 3 is 2.82 bits per heavy atom. The summed E-state index contributed by atoms with van der Waals surface area (Å²) in [6.45, 7) is 5.39. The summed E-state index contributed by atoms with van der Waals surface area (Å²) in [4.78, 5) is 0. The van der Waals surface area contributed by atoms with Gasteiger partial charge in [-0.3, -0.25) is 0 Å². The van der Waals surface area contributed by atoms with Crippen molar-refractivity contribution >= 4 is 12.6 Å². The van der Waals surface area contributed by atoms with Gasteiger partial charge < -0.3 is 4.74 Å². The molecule has 1 fully saturated rings. The van der Waals surface area contributed by atoms with Gasteiger partial charge in [-0.2, -0.15) is 12.6 Å². The lowest BCUT2D eigenvalue weighted by molar-refractivity contribution is 0.118. The van der Waals surface area contributed by atoms with Crippen LogP contribution in [0.4, 0.5) is 0 Å². The van der Waals surface area contributed by atoms with Crippen LogP contribution in [0, 0.1) is 11.8 Å². The van der Waals surface area contributed by atoms with E-state index in [1.807, 2.05) is 0 Å². The van der Waals surface area contributed by atoms with Crippen LogP contribution in [0.25, 0.3) is 0 Å². The second kappa shape index (κ2) is 4.36. The van der Waals surface area contributed by atoms with Crippen LogP contribution >= 0.6 is 12.6 Å². The van der Waals surface area contributed by atoms with E-state index in [9.17, 15) is 0 Å². The highest BCUT2D eigenvalue weighted by Gasteiger charge is 2.22. The lowest BCUT2D eigenvalue weighted by Crippen LogP contribution is -2.07. The minimum atomic E-state index is 0.493. The van der Waals surface area contributed by atoms with E-state index in [-0.39, 0.29) is 0 Å². The molecule has 0 saturated carbocycles. The van der Waals surface area contributed by atoms with Crippen molar-refractivity contribution in [2.45, 2.75) is 32.8 Å². The minimum Gasteiger partial charge on any atom is -0.378 e. The molecule has 0 N–H and O–H groups in total. The monoisotopic (exact) mass is 174 g/mol. The maximum Gasteiger partial charge on any atom is 0.0550 e. The van der Waals surface area contributed by atoms with Crippen molar-refractivity contribution in [2.24, 2.45) is 11.8 Å². The Bertz CT molecular complexity index is 116. The van der Waals surface area contributed by atoms with E-state index in [1.54, 1.807) is 0 Å². The van der Waals surface area contributed by atoms with Crippen LogP contribution in [0.1, 0.15) is 26.7 Å². The third kappa shape index (κ3) is 3.04. The fourth-order valence-electron chi connectivity index (χ4n) is 1.71. The third-order valence-electron chi connectivity index (χ3n) is 2.33. The van der Waals surface area contributed by atoms with Gasteiger partial charge in [-0.1, -0.05) is 6.92 Å². The van der Waals surface area contributed by atoms with E-state index in [0.717, 1.165) is 24.2 Å². The quantitative estimate of drug-likeness (QED) is 0.646. The van der Waals surface area contributed by atoms with Gasteiger partial charge in [0.05, 0.1) is 6.10 Å². The number of hydrogen-bond donors (Lipinski definition) is 1. The molecular weight excluding hydrogens is 156 g/mol. The van der Waals surface area contributed by atoms with Gasteiger partial charge in [0.2, 0.25) is 0 Å². The second-order valence-corrected chi connectivity index (χ2v) is 4.13. The Kier molecular flexibility index (Phi) is 3.73. The Morgan fingerprint density at radius 2 is 2.36 bits per heavy atom. The highest BCUT2D eigenvalue weighted by atomic mass is 32.1. The molecule has 11 heavy (non-hydrogen) atoms. The number of hydrogen-bond acceptors (Lipinski definition) is 2. The van der Waals surface area contributed by atoms with Crippen molar-refractivity contribution in [3.63, 3.8) is 0 Å². The van der Waals surface area contributed by atoms with E-state index in [1.165, 1.54) is 12.8 Å². The molecule has 2 heteroatoms. The lowest BCUT2D eigenvalue weighted by atomic mass is 9.95. The first-order valence-electron chi connectivity index (χ1n) is 4.44. The molecule has 0 amide bonds. The number of rotatable bonds is 3. The summed E-state index contributed by atoms with van der Waals surface area (Å²) in [7, 11) is 0. The first-order valence-corrected chi connectivity index (χ1v) is 5.08. The summed E-state index contributed by atoms with van der Waals surface area (Å²) in [5.41, 5.74) is 0. The lowest BCUT2D eigenvalue weighted by Gasteiger charge is -2.12. The fraction of sp³-hybridized carbons (Fsp3) is 1.00. The molecule has 3 atom stereocenters. The van der Waals surface area contributed by atoms with Crippen molar-refractivity contribution in [1.82, 2.24) is 0 Å². The molecule has 0 spiro atoms. The zero-order valence-corrected chi connectivity index (χ0v) is 8.31. The summed E-state index contributed by atoms with van der Waals surface area (Å²) < 4.78 is 5.49. The molecule has 1 saturated heterocycles. The minimum absolute atomic E-state index is 0.493. The van der Waals surface area contributed by atoms with E-state index >= 15 is 0 Å². The fourth-order valence-corrected chi connectivity index (χ4v) is 1.86. The highest BCUT2D eigenvalue weighted by molar-refractivity contribution is 7.80. The predicted octanol–water partition coefficient (Wildman–Crippen LogP) is 2.37. The van der Waals surface area contributed by atoms with Crippen molar-refractivity contribution in [1.29, 1.82) is 0 Å². The number of thiol groups is 1. The highest BCUT2D eigenvalue weighted by Crippen LogP contribution is 2.25. The van der Waals surface area contributed by atoms with Crippen LogP contribution in [-0.2, 0) is 4.74 Å². The molecule has 1 aliphatic rings. The van der Waals surface area contributed by atoms with Gasteiger partial charge in [-0.15, -0.1) is 0 Å². The molecule has 0 aromatic heterocycles. The van der Waals surface area contributed by atoms with Gasteiger partial charge in [-0.05, 0) is 37.4 Å². The standard InChI is InChI=1S/C9H18OS/c1-7(6-11)3-9-4-8(2)10-5-9/h7-9,11H,3-6H2,1-2H3/t7?,8-,9-/m1/s1. The summed E-state index contributed by atoms with van der Waals surface area (Å²) in [6, 6.07) is 0. The SMILES string of the molecule is CC(CS)C[C@H]1CO[C@H](C)C1. The van der Waals surface area contributed by atoms with Gasteiger partial charge in [0.15, 0.2) is 0 Å². The van der Waals surface area contributed by atoms with Crippen LogP contribution in [-0.4, -0.2) is 18.5 Å². The molecule has 1 rings (SSSR count). The first-order chi connectivity index (χ1) is 5.22. The average molecular weight is 174 g/mol. The molecule has 0 radical (unpaired) electrons. The third-order valence-corrected chi connectivity index (χ3v) is 2.95. The molecule has 0 bridgehead atoms. The Balaban J connectivity index is 2.17. The van der Waals surface area contributed by atoms with E-state index in [4.69, 9.17) is 4.74 Å². The molecule has 0 aromatic carbocycles. The van der Waals surface area contributed by atoms with Crippen molar-refractivity contribution in [3.05, 3.63) is 0 Å². The van der Waals surface area contributed by atoms with E-state index in [0.29, 0.717) is 6.10 Å². The van der Waals surface area contributed by atoms with Crippen LogP contribution in [0.2, 0.25) is 0 Å². The second-order valence-electron chi connectivity index (χ2n) is 3.77. The molecule has 0 aliphatic carbocycles. The van der Waals surface area contributed by atoms with Gasteiger partial charge >= 0.3 is 0 Å². The smallest absolute Gasteiger partial charge is 0.0550 e. The maximum atomic E-state index is 5.49. The van der Waals surface area contributed by atoms with Crippen LogP contribution in [0.15, 0.2) is 0 Å². The molecule has 1 heterocycles. The van der Waals surface area contributed by atoms with Gasteiger partial charge in [0, 0.05) is 6.61 Å². The normalized spacial score (nSPS) is 34.1. The summed E-state index contributed by atoms with van der Waals surface area (Å²) >= 11 is 4.27. The van der Waals surface area contributed by atoms with Crippen molar-refractivity contribution in [3.8, 4) is 0 Å². The van der Waals surface area contributed by atoms with Crippen LogP contribution in [0.3, 0.4) is 0 Å². The summed E-state index contributed by atoms with van der Waals surface area (Å²) in [5, 5.41) is 0. The van der Waals surface area contributed by atoms with Crippen molar-refractivity contribution in [2.75, 3.05) is 12.4 Å². The maximum absolute atomic E-state index is 5.49. The van der Waals surface area contributed by atoms with Crippen LogP contribution in [0.5, 0.6) is 0 Å². The topological polar surface area (TPSA) is 9.23 Å². The Labute approximate surface area is 74.9 Å². The molecule has 66 valence electrons. The molecule has 1 unspecified atom stereocenters. The van der Waals surface area contributed by atoms with E-state index in [2.05, 4.69) is 26.5 Å². The molecule has 0 aromatic rings. The zero-order chi connectivity index (χ0) is 8.27. The van der Waals surface area contributed by atoms with Crippen molar-refractivity contribution < 1.29 is 4.74 Å². The average Bonchev–Trinajstić information content (AvgIpc) is 2.35. The molecule has 1 aliphatic heterocycles. The van der Waals surface area contributed by atoms with Gasteiger partial charge in [0.1, 0.15) is 0 Å². The molecular formula is C9H18OS. The first kappa shape index (κ1) is 9.40. The van der Waals surface area contributed by atoms with Gasteiger partial charge in [0.25, 0.3) is 0 Å². The van der Waals surface area contributed by atoms with E-state index < -0.39 is 0 Å².